The van der Waals surface area contributed by atoms with Gasteiger partial charge in [-0.3, -0.25) is 10.1 Å². The van der Waals surface area contributed by atoms with Crippen molar-refractivity contribution in [3.05, 3.63) is 88.0 Å². The summed E-state index contributed by atoms with van der Waals surface area (Å²) in [6.07, 6.45) is 1.69. The highest BCUT2D eigenvalue weighted by molar-refractivity contribution is 7.19. The van der Waals surface area contributed by atoms with Crippen LogP contribution in [0.3, 0.4) is 0 Å². The van der Waals surface area contributed by atoms with E-state index < -0.39 is 4.92 Å². The van der Waals surface area contributed by atoms with Gasteiger partial charge in [0.15, 0.2) is 11.5 Å². The average molecular weight is 460 g/mol. The van der Waals surface area contributed by atoms with Gasteiger partial charge in [0, 0.05) is 29.5 Å². The van der Waals surface area contributed by atoms with Crippen LogP contribution in [0.4, 0.5) is 10.8 Å². The van der Waals surface area contributed by atoms with E-state index in [2.05, 4.69) is 4.99 Å². The highest BCUT2D eigenvalue weighted by Gasteiger charge is 2.16. The Morgan fingerprint density at radius 3 is 2.30 bits per heavy atom. The lowest BCUT2D eigenvalue weighted by molar-refractivity contribution is -0.384. The fourth-order valence-electron chi connectivity index (χ4n) is 3.34. The fraction of sp³-hybridized carbons (Fsp3) is 0.120. The molecule has 0 fully saturated rings. The number of hydrogen-bond acceptors (Lipinski definition) is 7. The zero-order valence-corrected chi connectivity index (χ0v) is 19.1. The normalized spacial score (nSPS) is 11.0. The smallest absolute Gasteiger partial charge is 0.269 e. The van der Waals surface area contributed by atoms with Crippen LogP contribution in [-0.2, 0) is 0 Å². The Hall–Kier alpha value is -4.04. The molecule has 166 valence electrons. The number of aromatic nitrogens is 1. The Labute approximate surface area is 195 Å². The van der Waals surface area contributed by atoms with Crippen LogP contribution in [0.25, 0.3) is 21.7 Å². The van der Waals surface area contributed by atoms with Crippen LogP contribution >= 0.6 is 11.3 Å². The second-order valence-electron chi connectivity index (χ2n) is 7.19. The quantitative estimate of drug-likeness (QED) is 0.180. The third-order valence-corrected chi connectivity index (χ3v) is 6.04. The van der Waals surface area contributed by atoms with Gasteiger partial charge < -0.3 is 9.47 Å². The van der Waals surface area contributed by atoms with E-state index in [9.17, 15) is 10.1 Å². The molecule has 8 heteroatoms. The lowest BCUT2D eigenvalue weighted by Crippen LogP contribution is -1.94. The number of ether oxygens (including phenoxy) is 2. The van der Waals surface area contributed by atoms with E-state index in [4.69, 9.17) is 14.5 Å². The van der Waals surface area contributed by atoms with Crippen molar-refractivity contribution in [2.75, 3.05) is 14.2 Å². The van der Waals surface area contributed by atoms with Gasteiger partial charge in [-0.2, -0.15) is 0 Å². The lowest BCUT2D eigenvalue weighted by Gasteiger charge is -2.09. The summed E-state index contributed by atoms with van der Waals surface area (Å²) >= 11 is 1.42. The molecule has 3 aromatic carbocycles. The Kier molecular flexibility index (Phi) is 6.46. The molecule has 1 heterocycles. The summed E-state index contributed by atoms with van der Waals surface area (Å²) in [7, 11) is 3.17. The van der Waals surface area contributed by atoms with E-state index in [0.29, 0.717) is 16.6 Å². The van der Waals surface area contributed by atoms with Crippen molar-refractivity contribution in [1.29, 1.82) is 0 Å². The first kappa shape index (κ1) is 22.2. The van der Waals surface area contributed by atoms with Crippen molar-refractivity contribution in [1.82, 2.24) is 4.98 Å². The molecule has 4 aromatic rings. The number of benzene rings is 3. The molecule has 0 atom stereocenters. The molecule has 0 spiro atoms. The minimum Gasteiger partial charge on any atom is -0.493 e. The van der Waals surface area contributed by atoms with Crippen LogP contribution in [0, 0.1) is 17.0 Å². The van der Waals surface area contributed by atoms with Gasteiger partial charge in [-0.25, -0.2) is 9.98 Å². The average Bonchev–Trinajstić information content (AvgIpc) is 3.27. The first-order valence-corrected chi connectivity index (χ1v) is 10.9. The van der Waals surface area contributed by atoms with E-state index >= 15 is 0 Å². The maximum atomic E-state index is 11.0. The van der Waals surface area contributed by atoms with Gasteiger partial charge in [0.05, 0.1) is 29.7 Å². The predicted octanol–water partition coefficient (Wildman–Crippen LogP) is 6.46. The Bertz CT molecular complexity index is 1310. The maximum Gasteiger partial charge on any atom is 0.269 e. The third-order valence-electron chi connectivity index (χ3n) is 5.03. The van der Waals surface area contributed by atoms with Crippen LogP contribution < -0.4 is 9.47 Å². The molecule has 0 aliphatic heterocycles. The van der Waals surface area contributed by atoms with Gasteiger partial charge in [0.2, 0.25) is 5.13 Å². The molecular formula is C25H21N3O4S. The van der Waals surface area contributed by atoms with E-state index in [-0.39, 0.29) is 5.69 Å². The molecule has 7 nitrogen and oxygen atoms in total. The molecule has 0 N–H and O–H groups in total. The number of nitro benzene ring substituents is 1. The molecule has 1 aromatic heterocycles. The van der Waals surface area contributed by atoms with Gasteiger partial charge in [-0.05, 0) is 36.8 Å². The molecule has 33 heavy (non-hydrogen) atoms. The minimum absolute atomic E-state index is 0.0449. The molecule has 0 amide bonds. The Morgan fingerprint density at radius 2 is 1.67 bits per heavy atom. The topological polar surface area (TPSA) is 86.9 Å². The van der Waals surface area contributed by atoms with Crippen molar-refractivity contribution in [3.8, 4) is 33.2 Å². The first-order chi connectivity index (χ1) is 16.0. The number of non-ortho nitro benzene ring substituents is 1. The summed E-state index contributed by atoms with van der Waals surface area (Å²) in [6.45, 7) is 2.03. The van der Waals surface area contributed by atoms with Crippen molar-refractivity contribution < 1.29 is 14.4 Å². The molecular weight excluding hydrogens is 438 g/mol. The highest BCUT2D eigenvalue weighted by Crippen LogP contribution is 2.41. The number of rotatable bonds is 7. The van der Waals surface area contributed by atoms with Crippen molar-refractivity contribution in [2.24, 2.45) is 4.99 Å². The monoisotopic (exact) mass is 459 g/mol. The van der Waals surface area contributed by atoms with Gasteiger partial charge in [0.1, 0.15) is 0 Å². The summed E-state index contributed by atoms with van der Waals surface area (Å²) in [5.74, 6) is 1.21. The summed E-state index contributed by atoms with van der Waals surface area (Å²) in [6, 6.07) is 20.1. The van der Waals surface area contributed by atoms with Crippen LogP contribution in [0.5, 0.6) is 11.5 Å². The second kappa shape index (κ2) is 9.62. The number of nitrogens with zero attached hydrogens (tertiary/aromatic N) is 3. The van der Waals surface area contributed by atoms with E-state index in [0.717, 1.165) is 32.8 Å². The third kappa shape index (κ3) is 4.75. The van der Waals surface area contributed by atoms with Gasteiger partial charge in [0.25, 0.3) is 5.69 Å². The van der Waals surface area contributed by atoms with Gasteiger partial charge in [-0.15, -0.1) is 0 Å². The second-order valence-corrected chi connectivity index (χ2v) is 8.16. The molecule has 0 aliphatic rings. The van der Waals surface area contributed by atoms with Crippen molar-refractivity contribution in [2.45, 2.75) is 6.92 Å². The highest BCUT2D eigenvalue weighted by atomic mass is 32.1. The van der Waals surface area contributed by atoms with E-state index in [1.807, 2.05) is 49.4 Å². The molecule has 0 bridgehead atoms. The number of nitro groups is 1. The standard InChI is InChI=1S/C25H21N3O4S/c1-16-7-9-17(10-8-16)22-24(18-11-13-20(14-12-18)28(29)30)33-25(27-22)26-15-19-5-4-6-21(31-2)23(19)32-3/h4-15H,1-3H3. The molecule has 0 unspecified atom stereocenters. The van der Waals surface area contributed by atoms with Crippen LogP contribution in [0.2, 0.25) is 0 Å². The minimum atomic E-state index is -0.408. The van der Waals surface area contributed by atoms with Crippen LogP contribution in [0.1, 0.15) is 11.1 Å². The largest absolute Gasteiger partial charge is 0.493 e. The lowest BCUT2D eigenvalue weighted by atomic mass is 10.1. The number of aryl methyl sites for hydroxylation is 1. The van der Waals surface area contributed by atoms with Crippen LogP contribution in [0.15, 0.2) is 71.7 Å². The molecule has 4 rings (SSSR count). The van der Waals surface area contributed by atoms with Gasteiger partial charge >= 0.3 is 0 Å². The fourth-order valence-corrected chi connectivity index (χ4v) is 4.28. The zero-order chi connectivity index (χ0) is 23.4. The zero-order valence-electron chi connectivity index (χ0n) is 18.3. The molecule has 0 saturated heterocycles. The predicted molar refractivity (Wildman–Crippen MR) is 131 cm³/mol. The van der Waals surface area contributed by atoms with E-state index in [1.165, 1.54) is 23.5 Å². The SMILES string of the molecule is COc1cccc(C=Nc2nc(-c3ccc(C)cc3)c(-c3ccc([N+](=O)[O-])cc3)s2)c1OC. The Morgan fingerprint density at radius 1 is 0.970 bits per heavy atom. The summed E-state index contributed by atoms with van der Waals surface area (Å²) in [5.41, 5.74) is 4.52. The van der Waals surface area contributed by atoms with Crippen LogP contribution in [-0.4, -0.2) is 30.3 Å². The van der Waals surface area contributed by atoms with Crippen molar-refractivity contribution >= 4 is 28.4 Å². The number of para-hydroxylation sites is 1. The maximum absolute atomic E-state index is 11.0. The number of thiazole rings is 1. The molecule has 0 saturated carbocycles. The summed E-state index contributed by atoms with van der Waals surface area (Å²) in [4.78, 5) is 20.9. The van der Waals surface area contributed by atoms with E-state index in [1.54, 1.807) is 32.6 Å². The first-order valence-electron chi connectivity index (χ1n) is 10.1. The number of methoxy groups -OCH3 is 2. The molecule has 0 radical (unpaired) electrons. The Balaban J connectivity index is 1.77. The van der Waals surface area contributed by atoms with Crippen molar-refractivity contribution in [3.63, 3.8) is 0 Å². The number of hydrogen-bond donors (Lipinski definition) is 0. The summed E-state index contributed by atoms with van der Waals surface area (Å²) in [5, 5.41) is 11.6. The molecule has 0 aliphatic carbocycles. The van der Waals surface area contributed by atoms with Gasteiger partial charge in [-0.1, -0.05) is 47.2 Å². The number of aliphatic imine (C=N–C) groups is 1. The summed E-state index contributed by atoms with van der Waals surface area (Å²) < 4.78 is 10.8.